The number of carbonyl (C=O) groups excluding carboxylic acids is 1. The van der Waals surface area contributed by atoms with Crippen LogP contribution in [-0.2, 0) is 11.2 Å². The molecule has 26 heavy (non-hydrogen) atoms. The molecule has 0 bridgehead atoms. The zero-order valence-corrected chi connectivity index (χ0v) is 15.2. The fourth-order valence-electron chi connectivity index (χ4n) is 3.08. The molecule has 2 N–H and O–H groups in total. The van der Waals surface area contributed by atoms with E-state index in [1.165, 1.54) is 0 Å². The second kappa shape index (κ2) is 7.47. The van der Waals surface area contributed by atoms with Gasteiger partial charge >= 0.3 is 0 Å². The fraction of sp³-hybridized carbons (Fsp3) is 0.300. The Morgan fingerprint density at radius 1 is 1.15 bits per heavy atom. The van der Waals surface area contributed by atoms with Gasteiger partial charge in [0.05, 0.1) is 22.3 Å². The summed E-state index contributed by atoms with van der Waals surface area (Å²) in [6.07, 6.45) is 1.49. The number of hydrogen-bond donors (Lipinski definition) is 2. The van der Waals surface area contributed by atoms with Gasteiger partial charge in [0.2, 0.25) is 5.91 Å². The lowest BCUT2D eigenvalue weighted by atomic mass is 10.1. The van der Waals surface area contributed by atoms with E-state index in [1.807, 2.05) is 45.0 Å². The van der Waals surface area contributed by atoms with Crippen molar-refractivity contribution in [1.29, 1.82) is 0 Å². The van der Waals surface area contributed by atoms with E-state index in [0.29, 0.717) is 36.0 Å². The van der Waals surface area contributed by atoms with Crippen LogP contribution in [0.2, 0.25) is 0 Å². The van der Waals surface area contributed by atoms with Gasteiger partial charge < -0.3 is 10.3 Å². The molecule has 0 radical (unpaired) electrons. The van der Waals surface area contributed by atoms with E-state index in [9.17, 15) is 9.59 Å². The molecular formula is C20H22N4O2. The van der Waals surface area contributed by atoms with Crippen LogP contribution in [0.25, 0.3) is 10.9 Å². The summed E-state index contributed by atoms with van der Waals surface area (Å²) in [5.41, 5.74) is 4.06. The fourth-order valence-corrected chi connectivity index (χ4v) is 3.08. The number of hydrogen-bond acceptors (Lipinski definition) is 4. The zero-order chi connectivity index (χ0) is 18.7. The van der Waals surface area contributed by atoms with Crippen molar-refractivity contribution in [3.8, 4) is 0 Å². The van der Waals surface area contributed by atoms with Crippen LogP contribution in [-0.4, -0.2) is 20.9 Å². The van der Waals surface area contributed by atoms with Crippen LogP contribution < -0.4 is 10.9 Å². The standard InChI is InChI=1S/C20H22N4O2/c1-12-11-13(2)21-14(3)19(12)24-18(25)10-6-9-17-22-16-8-5-4-7-15(16)20(26)23-17/h4-5,7-8,11H,6,9-10H2,1-3H3,(H,24,25)(H,22,23,26). The van der Waals surface area contributed by atoms with Gasteiger partial charge in [0.1, 0.15) is 5.82 Å². The van der Waals surface area contributed by atoms with Gasteiger partial charge in [-0.25, -0.2) is 4.98 Å². The maximum absolute atomic E-state index is 12.2. The van der Waals surface area contributed by atoms with E-state index in [0.717, 1.165) is 22.6 Å². The number of aromatic amines is 1. The number of H-pyrrole nitrogens is 1. The number of rotatable bonds is 5. The summed E-state index contributed by atoms with van der Waals surface area (Å²) >= 11 is 0. The van der Waals surface area contributed by atoms with E-state index in [4.69, 9.17) is 0 Å². The molecule has 3 rings (SSSR count). The number of aryl methyl sites for hydroxylation is 4. The Balaban J connectivity index is 1.62. The number of nitrogens with zero attached hydrogens (tertiary/aromatic N) is 2. The number of carbonyl (C=O) groups is 1. The lowest BCUT2D eigenvalue weighted by molar-refractivity contribution is -0.116. The van der Waals surface area contributed by atoms with Crippen LogP contribution >= 0.6 is 0 Å². The minimum absolute atomic E-state index is 0.0648. The summed E-state index contributed by atoms with van der Waals surface area (Å²) in [5.74, 6) is 0.538. The molecule has 0 spiro atoms. The monoisotopic (exact) mass is 350 g/mol. The molecule has 1 amide bonds. The molecule has 134 valence electrons. The highest BCUT2D eigenvalue weighted by Gasteiger charge is 2.10. The van der Waals surface area contributed by atoms with Crippen molar-refractivity contribution in [3.05, 3.63) is 63.5 Å². The van der Waals surface area contributed by atoms with Gasteiger partial charge in [-0.3, -0.25) is 14.6 Å². The van der Waals surface area contributed by atoms with Crippen LogP contribution in [0.5, 0.6) is 0 Å². The summed E-state index contributed by atoms with van der Waals surface area (Å²) in [7, 11) is 0. The zero-order valence-electron chi connectivity index (χ0n) is 15.2. The van der Waals surface area contributed by atoms with Crippen LogP contribution in [0.3, 0.4) is 0 Å². The molecule has 0 aliphatic rings. The van der Waals surface area contributed by atoms with Crippen LogP contribution in [0.15, 0.2) is 35.1 Å². The Labute approximate surface area is 151 Å². The SMILES string of the molecule is Cc1cc(C)c(NC(=O)CCCc2nc3ccccc3c(=O)[nH]2)c(C)n1. The smallest absolute Gasteiger partial charge is 0.258 e. The molecule has 0 unspecified atom stereocenters. The Morgan fingerprint density at radius 2 is 1.92 bits per heavy atom. The third-order valence-electron chi connectivity index (χ3n) is 4.27. The van der Waals surface area contributed by atoms with Crippen LogP contribution in [0.1, 0.15) is 35.6 Å². The van der Waals surface area contributed by atoms with Gasteiger partial charge in [0, 0.05) is 18.5 Å². The van der Waals surface area contributed by atoms with Crippen molar-refractivity contribution in [2.24, 2.45) is 0 Å². The first kappa shape index (κ1) is 17.8. The minimum atomic E-state index is -0.146. The van der Waals surface area contributed by atoms with Gasteiger partial charge in [0.25, 0.3) is 5.56 Å². The molecule has 2 heterocycles. The molecule has 2 aromatic heterocycles. The van der Waals surface area contributed by atoms with Crippen molar-refractivity contribution >= 4 is 22.5 Å². The number of benzene rings is 1. The molecule has 0 aliphatic carbocycles. The van der Waals surface area contributed by atoms with Crippen LogP contribution in [0.4, 0.5) is 5.69 Å². The average Bonchev–Trinajstić information content (AvgIpc) is 2.58. The molecule has 0 atom stereocenters. The second-order valence-corrected chi connectivity index (χ2v) is 6.47. The van der Waals surface area contributed by atoms with Gasteiger partial charge in [-0.05, 0) is 51.0 Å². The van der Waals surface area contributed by atoms with E-state index in [-0.39, 0.29) is 11.5 Å². The number of pyridine rings is 1. The first-order chi connectivity index (χ1) is 12.4. The largest absolute Gasteiger partial charge is 0.324 e. The van der Waals surface area contributed by atoms with Crippen molar-refractivity contribution in [2.45, 2.75) is 40.0 Å². The number of para-hydroxylation sites is 1. The van der Waals surface area contributed by atoms with Crippen molar-refractivity contribution in [2.75, 3.05) is 5.32 Å². The summed E-state index contributed by atoms with van der Waals surface area (Å²) in [5, 5.41) is 3.51. The Bertz CT molecular complexity index is 1000. The predicted octanol–water partition coefficient (Wildman–Crippen LogP) is 3.20. The van der Waals surface area contributed by atoms with E-state index >= 15 is 0 Å². The second-order valence-electron chi connectivity index (χ2n) is 6.47. The Kier molecular flexibility index (Phi) is 5.11. The van der Waals surface area contributed by atoms with Gasteiger partial charge in [-0.1, -0.05) is 12.1 Å². The third-order valence-corrected chi connectivity index (χ3v) is 4.27. The Hall–Kier alpha value is -3.02. The van der Waals surface area contributed by atoms with Gasteiger partial charge in [-0.2, -0.15) is 0 Å². The number of nitrogens with one attached hydrogen (secondary N) is 2. The van der Waals surface area contributed by atoms with E-state index in [1.54, 1.807) is 6.07 Å². The molecule has 0 saturated heterocycles. The van der Waals surface area contributed by atoms with Gasteiger partial charge in [-0.15, -0.1) is 0 Å². The molecule has 1 aromatic carbocycles. The lowest BCUT2D eigenvalue weighted by Crippen LogP contribution is -2.15. The summed E-state index contributed by atoms with van der Waals surface area (Å²) < 4.78 is 0. The average molecular weight is 350 g/mol. The number of fused-ring (bicyclic) bond motifs is 1. The summed E-state index contributed by atoms with van der Waals surface area (Å²) in [6, 6.07) is 9.18. The molecule has 6 heteroatoms. The molecular weight excluding hydrogens is 328 g/mol. The molecule has 6 nitrogen and oxygen atoms in total. The molecule has 0 saturated carbocycles. The highest BCUT2D eigenvalue weighted by Crippen LogP contribution is 2.19. The van der Waals surface area contributed by atoms with Crippen molar-refractivity contribution < 1.29 is 4.79 Å². The Morgan fingerprint density at radius 3 is 2.69 bits per heavy atom. The highest BCUT2D eigenvalue weighted by atomic mass is 16.1. The maximum atomic E-state index is 12.2. The topological polar surface area (TPSA) is 87.7 Å². The molecule has 3 aromatic rings. The van der Waals surface area contributed by atoms with Crippen molar-refractivity contribution in [1.82, 2.24) is 15.0 Å². The summed E-state index contributed by atoms with van der Waals surface area (Å²) in [4.78, 5) is 35.9. The van der Waals surface area contributed by atoms with Crippen LogP contribution in [0, 0.1) is 20.8 Å². The van der Waals surface area contributed by atoms with E-state index in [2.05, 4.69) is 20.3 Å². The highest BCUT2D eigenvalue weighted by molar-refractivity contribution is 5.92. The first-order valence-corrected chi connectivity index (χ1v) is 8.66. The summed E-state index contributed by atoms with van der Waals surface area (Å²) in [6.45, 7) is 5.78. The number of aromatic nitrogens is 3. The normalized spacial score (nSPS) is 10.9. The minimum Gasteiger partial charge on any atom is -0.324 e. The van der Waals surface area contributed by atoms with Crippen molar-refractivity contribution in [3.63, 3.8) is 0 Å². The quantitative estimate of drug-likeness (QED) is 0.740. The lowest BCUT2D eigenvalue weighted by Gasteiger charge is -2.12. The third kappa shape index (κ3) is 3.96. The number of anilines is 1. The predicted molar refractivity (Wildman–Crippen MR) is 102 cm³/mol. The molecule has 0 fully saturated rings. The number of amides is 1. The first-order valence-electron chi connectivity index (χ1n) is 8.66. The molecule has 0 aliphatic heterocycles. The van der Waals surface area contributed by atoms with E-state index < -0.39 is 0 Å². The van der Waals surface area contributed by atoms with Gasteiger partial charge in [0.15, 0.2) is 0 Å². The maximum Gasteiger partial charge on any atom is 0.258 e.